The van der Waals surface area contributed by atoms with Gasteiger partial charge in [0.05, 0.1) is 23.1 Å². The SMILES string of the molecule is CCS(=O)(=O)N1CCc2nc(C3CCCCN3C(=O)c3ccc(F)cc3)[nH]c(=O)c2C1. The van der Waals surface area contributed by atoms with Crippen LogP contribution in [0.25, 0.3) is 0 Å². The lowest BCUT2D eigenvalue weighted by atomic mass is 9.99. The van der Waals surface area contributed by atoms with Crippen LogP contribution in [0.1, 0.15) is 59.7 Å². The Morgan fingerprint density at radius 2 is 1.97 bits per heavy atom. The Kier molecular flexibility index (Phi) is 5.94. The maximum absolute atomic E-state index is 13.2. The molecule has 1 amide bonds. The molecule has 1 aromatic heterocycles. The quantitative estimate of drug-likeness (QED) is 0.770. The highest BCUT2D eigenvalue weighted by Crippen LogP contribution is 2.31. The maximum Gasteiger partial charge on any atom is 0.255 e. The van der Waals surface area contributed by atoms with Crippen LogP contribution in [-0.4, -0.2) is 52.3 Å². The van der Waals surface area contributed by atoms with Crippen LogP contribution in [0.4, 0.5) is 4.39 Å². The summed E-state index contributed by atoms with van der Waals surface area (Å²) < 4.78 is 38.9. The number of rotatable bonds is 4. The number of aromatic amines is 1. The van der Waals surface area contributed by atoms with E-state index < -0.39 is 15.8 Å². The Bertz CT molecular complexity index is 1150. The number of H-pyrrole nitrogens is 1. The zero-order valence-corrected chi connectivity index (χ0v) is 18.1. The minimum atomic E-state index is -3.39. The van der Waals surface area contributed by atoms with Crippen LogP contribution in [-0.2, 0) is 23.0 Å². The van der Waals surface area contributed by atoms with E-state index in [0.717, 1.165) is 12.8 Å². The molecule has 1 aromatic carbocycles. The molecule has 0 radical (unpaired) electrons. The third kappa shape index (κ3) is 4.27. The van der Waals surface area contributed by atoms with Crippen molar-refractivity contribution in [1.29, 1.82) is 0 Å². The summed E-state index contributed by atoms with van der Waals surface area (Å²) in [5.74, 6) is -0.239. The number of benzene rings is 1. The average Bonchev–Trinajstić information content (AvgIpc) is 2.78. The van der Waals surface area contributed by atoms with Crippen molar-refractivity contribution in [1.82, 2.24) is 19.2 Å². The van der Waals surface area contributed by atoms with E-state index in [9.17, 15) is 22.4 Å². The monoisotopic (exact) mass is 448 g/mol. The number of fused-ring (bicyclic) bond motifs is 1. The lowest BCUT2D eigenvalue weighted by Gasteiger charge is -2.35. The van der Waals surface area contributed by atoms with Gasteiger partial charge in [-0.3, -0.25) is 9.59 Å². The van der Waals surface area contributed by atoms with Gasteiger partial charge in [-0.05, 0) is 50.5 Å². The molecule has 166 valence electrons. The average molecular weight is 449 g/mol. The maximum atomic E-state index is 13.2. The van der Waals surface area contributed by atoms with E-state index in [0.29, 0.717) is 42.0 Å². The summed E-state index contributed by atoms with van der Waals surface area (Å²) in [7, 11) is -3.39. The number of nitrogens with zero attached hydrogens (tertiary/aromatic N) is 3. The predicted octanol–water partition coefficient (Wildman–Crippen LogP) is 1.98. The number of halogens is 1. The molecule has 2 aliphatic rings. The van der Waals surface area contributed by atoms with Crippen LogP contribution in [0.2, 0.25) is 0 Å². The minimum Gasteiger partial charge on any atom is -0.328 e. The Morgan fingerprint density at radius 3 is 2.68 bits per heavy atom. The smallest absolute Gasteiger partial charge is 0.255 e. The largest absolute Gasteiger partial charge is 0.328 e. The molecule has 0 aliphatic carbocycles. The molecule has 1 fully saturated rings. The van der Waals surface area contributed by atoms with Crippen LogP contribution in [0.15, 0.2) is 29.1 Å². The number of nitrogens with one attached hydrogen (secondary N) is 1. The van der Waals surface area contributed by atoms with Gasteiger partial charge in [-0.1, -0.05) is 0 Å². The third-order valence-corrected chi connectivity index (χ3v) is 7.81. The van der Waals surface area contributed by atoms with Gasteiger partial charge in [-0.25, -0.2) is 17.8 Å². The van der Waals surface area contributed by atoms with Gasteiger partial charge in [0.2, 0.25) is 10.0 Å². The molecule has 1 unspecified atom stereocenters. The summed E-state index contributed by atoms with van der Waals surface area (Å²) in [5.41, 5.74) is 0.963. The number of likely N-dealkylation sites (tertiary alicyclic amines) is 1. The molecule has 8 nitrogen and oxygen atoms in total. The van der Waals surface area contributed by atoms with Crippen molar-refractivity contribution in [2.45, 2.75) is 45.2 Å². The number of hydrogen-bond acceptors (Lipinski definition) is 5. The van der Waals surface area contributed by atoms with E-state index in [-0.39, 0.29) is 36.4 Å². The molecule has 3 heterocycles. The molecule has 0 bridgehead atoms. The first-order valence-corrected chi connectivity index (χ1v) is 12.1. The summed E-state index contributed by atoms with van der Waals surface area (Å²) in [6.45, 7) is 2.38. The normalized spacial score (nSPS) is 19.8. The second kappa shape index (κ2) is 8.51. The number of aromatic nitrogens is 2. The summed E-state index contributed by atoms with van der Waals surface area (Å²) in [6.07, 6.45) is 2.73. The van der Waals surface area contributed by atoms with Crippen molar-refractivity contribution < 1.29 is 17.6 Å². The van der Waals surface area contributed by atoms with E-state index in [2.05, 4.69) is 9.97 Å². The lowest BCUT2D eigenvalue weighted by molar-refractivity contribution is 0.0598. The van der Waals surface area contributed by atoms with Gasteiger partial charge in [0, 0.05) is 31.6 Å². The van der Waals surface area contributed by atoms with E-state index in [1.165, 1.54) is 28.6 Å². The molecule has 31 heavy (non-hydrogen) atoms. The fourth-order valence-electron chi connectivity index (χ4n) is 4.21. The van der Waals surface area contributed by atoms with Crippen molar-refractivity contribution in [2.24, 2.45) is 0 Å². The van der Waals surface area contributed by atoms with Crippen LogP contribution in [0.5, 0.6) is 0 Å². The fraction of sp³-hybridized carbons (Fsp3) is 0.476. The second-order valence-corrected chi connectivity index (χ2v) is 10.1. The molecule has 0 spiro atoms. The van der Waals surface area contributed by atoms with Crippen molar-refractivity contribution in [3.05, 3.63) is 63.1 Å². The van der Waals surface area contributed by atoms with Crippen LogP contribution in [0, 0.1) is 5.82 Å². The van der Waals surface area contributed by atoms with Crippen LogP contribution in [0.3, 0.4) is 0 Å². The zero-order chi connectivity index (χ0) is 22.2. The van der Waals surface area contributed by atoms with Gasteiger partial charge in [0.25, 0.3) is 11.5 Å². The topological polar surface area (TPSA) is 103 Å². The molecule has 1 N–H and O–H groups in total. The first-order valence-electron chi connectivity index (χ1n) is 10.5. The number of carbonyl (C=O) groups is 1. The molecular weight excluding hydrogens is 423 g/mol. The van der Waals surface area contributed by atoms with Crippen molar-refractivity contribution in [2.75, 3.05) is 18.8 Å². The van der Waals surface area contributed by atoms with Gasteiger partial charge in [-0.2, -0.15) is 4.31 Å². The number of piperidine rings is 1. The Balaban J connectivity index is 1.64. The molecular formula is C21H25FN4O4S. The minimum absolute atomic E-state index is 0.0109. The van der Waals surface area contributed by atoms with E-state index in [4.69, 9.17) is 0 Å². The molecule has 1 atom stereocenters. The second-order valence-electron chi connectivity index (χ2n) is 7.88. The highest BCUT2D eigenvalue weighted by molar-refractivity contribution is 7.89. The predicted molar refractivity (Wildman–Crippen MR) is 112 cm³/mol. The molecule has 1 saturated heterocycles. The number of hydrogen-bond donors (Lipinski definition) is 1. The van der Waals surface area contributed by atoms with E-state index in [1.54, 1.807) is 11.8 Å². The van der Waals surface area contributed by atoms with Gasteiger partial charge in [0.15, 0.2) is 0 Å². The first kappa shape index (κ1) is 21.6. The fourth-order valence-corrected chi connectivity index (χ4v) is 5.27. The zero-order valence-electron chi connectivity index (χ0n) is 17.3. The summed E-state index contributed by atoms with van der Waals surface area (Å²) >= 11 is 0. The van der Waals surface area contributed by atoms with E-state index >= 15 is 0 Å². The number of sulfonamides is 1. The Morgan fingerprint density at radius 1 is 1.23 bits per heavy atom. The van der Waals surface area contributed by atoms with Gasteiger partial charge < -0.3 is 9.88 Å². The highest BCUT2D eigenvalue weighted by atomic mass is 32.2. The lowest BCUT2D eigenvalue weighted by Crippen LogP contribution is -2.43. The van der Waals surface area contributed by atoms with Crippen LogP contribution >= 0.6 is 0 Å². The summed E-state index contributed by atoms with van der Waals surface area (Å²) in [5, 5.41) is 0. The van der Waals surface area contributed by atoms with E-state index in [1.807, 2.05) is 0 Å². The van der Waals surface area contributed by atoms with Crippen molar-refractivity contribution in [3.63, 3.8) is 0 Å². The van der Waals surface area contributed by atoms with Crippen molar-refractivity contribution >= 4 is 15.9 Å². The summed E-state index contributed by atoms with van der Waals surface area (Å²) in [4.78, 5) is 35.0. The number of carbonyl (C=O) groups excluding carboxylic acids is 1. The first-order chi connectivity index (χ1) is 14.8. The Labute approximate surface area is 180 Å². The van der Waals surface area contributed by atoms with Gasteiger partial charge >= 0.3 is 0 Å². The third-order valence-electron chi connectivity index (χ3n) is 5.98. The molecule has 4 rings (SSSR count). The standard InChI is InChI=1S/C21H25FN4O4S/c1-2-31(29,30)25-12-10-17-16(13-25)20(27)24-19(23-17)18-5-3-4-11-26(18)21(28)14-6-8-15(22)9-7-14/h6-9,18H,2-5,10-13H2,1H3,(H,23,24,27). The molecule has 2 aromatic rings. The molecule has 10 heteroatoms. The number of amides is 1. The molecule has 0 saturated carbocycles. The van der Waals surface area contributed by atoms with Gasteiger partial charge in [-0.15, -0.1) is 0 Å². The molecule has 2 aliphatic heterocycles. The van der Waals surface area contributed by atoms with Crippen LogP contribution < -0.4 is 5.56 Å². The highest BCUT2D eigenvalue weighted by Gasteiger charge is 2.33. The summed E-state index contributed by atoms with van der Waals surface area (Å²) in [6, 6.07) is 5.02. The Hall–Kier alpha value is -2.59. The van der Waals surface area contributed by atoms with Crippen molar-refractivity contribution in [3.8, 4) is 0 Å². The van der Waals surface area contributed by atoms with Gasteiger partial charge in [0.1, 0.15) is 11.6 Å².